The van der Waals surface area contributed by atoms with Crippen molar-refractivity contribution in [3.05, 3.63) is 64.1 Å². The molecule has 1 N–H and O–H groups in total. The second kappa shape index (κ2) is 8.95. The third kappa shape index (κ3) is 5.61. The maximum Gasteiger partial charge on any atom is 0.244 e. The van der Waals surface area contributed by atoms with Crippen LogP contribution in [0.15, 0.2) is 48.5 Å². The van der Waals surface area contributed by atoms with E-state index in [0.29, 0.717) is 10.0 Å². The summed E-state index contributed by atoms with van der Waals surface area (Å²) in [6.45, 7) is 3.60. The summed E-state index contributed by atoms with van der Waals surface area (Å²) in [4.78, 5) is 12.9. The van der Waals surface area contributed by atoms with Gasteiger partial charge in [-0.2, -0.15) is 0 Å². The molecular formula is C19H22Cl2N2O3S. The number of amides is 1. The van der Waals surface area contributed by atoms with Crippen molar-refractivity contribution in [2.75, 3.05) is 10.6 Å². The Morgan fingerprint density at radius 2 is 1.67 bits per heavy atom. The van der Waals surface area contributed by atoms with Gasteiger partial charge in [0.05, 0.1) is 18.0 Å². The number of rotatable bonds is 7. The summed E-state index contributed by atoms with van der Waals surface area (Å²) in [6, 6.07) is 12.7. The van der Waals surface area contributed by atoms with Crippen LogP contribution in [0.3, 0.4) is 0 Å². The number of nitrogens with one attached hydrogen (secondary N) is 1. The quantitative estimate of drug-likeness (QED) is 0.709. The van der Waals surface area contributed by atoms with E-state index in [1.54, 1.807) is 6.92 Å². The first-order valence-electron chi connectivity index (χ1n) is 8.44. The molecule has 0 unspecified atom stereocenters. The van der Waals surface area contributed by atoms with Crippen molar-refractivity contribution in [3.8, 4) is 0 Å². The van der Waals surface area contributed by atoms with Crippen LogP contribution in [0.2, 0.25) is 10.0 Å². The molecule has 1 amide bonds. The highest BCUT2D eigenvalue weighted by Crippen LogP contribution is 2.29. The summed E-state index contributed by atoms with van der Waals surface area (Å²) >= 11 is 12.1. The zero-order valence-electron chi connectivity index (χ0n) is 15.3. The van der Waals surface area contributed by atoms with Gasteiger partial charge in [0.2, 0.25) is 15.9 Å². The highest BCUT2D eigenvalue weighted by atomic mass is 35.5. The summed E-state index contributed by atoms with van der Waals surface area (Å²) in [5.41, 5.74) is 1.18. The number of nitrogens with zero attached hydrogens (tertiary/aromatic N) is 1. The van der Waals surface area contributed by atoms with Gasteiger partial charge >= 0.3 is 0 Å². The first-order chi connectivity index (χ1) is 12.6. The highest BCUT2D eigenvalue weighted by molar-refractivity contribution is 7.92. The van der Waals surface area contributed by atoms with E-state index in [-0.39, 0.29) is 18.2 Å². The molecule has 2 atom stereocenters. The van der Waals surface area contributed by atoms with Gasteiger partial charge in [-0.3, -0.25) is 9.10 Å². The minimum atomic E-state index is -3.75. The summed E-state index contributed by atoms with van der Waals surface area (Å²) in [5, 5.41) is 3.47. The van der Waals surface area contributed by atoms with Gasteiger partial charge in [-0.25, -0.2) is 8.42 Å². The molecule has 2 rings (SSSR count). The molecule has 2 aromatic rings. The molecule has 27 heavy (non-hydrogen) atoms. The van der Waals surface area contributed by atoms with Gasteiger partial charge in [0.25, 0.3) is 0 Å². The summed E-state index contributed by atoms with van der Waals surface area (Å²) in [7, 11) is -3.75. The van der Waals surface area contributed by atoms with Crippen LogP contribution in [-0.2, 0) is 14.8 Å². The van der Waals surface area contributed by atoms with Crippen LogP contribution in [-0.4, -0.2) is 26.6 Å². The average molecular weight is 429 g/mol. The molecule has 0 aromatic heterocycles. The lowest BCUT2D eigenvalue weighted by Gasteiger charge is -2.31. The number of carbonyl (C=O) groups is 1. The zero-order chi connectivity index (χ0) is 20.2. The molecule has 2 aromatic carbocycles. The molecule has 0 aliphatic carbocycles. The number of carbonyl (C=O) groups excluding carboxylic acids is 1. The fourth-order valence-corrected chi connectivity index (χ4v) is 4.57. The largest absolute Gasteiger partial charge is 0.348 e. The van der Waals surface area contributed by atoms with Crippen molar-refractivity contribution < 1.29 is 13.2 Å². The van der Waals surface area contributed by atoms with Crippen LogP contribution in [0, 0.1) is 0 Å². The van der Waals surface area contributed by atoms with Gasteiger partial charge < -0.3 is 5.32 Å². The van der Waals surface area contributed by atoms with Gasteiger partial charge in [0.15, 0.2) is 0 Å². The number of hydrogen-bond acceptors (Lipinski definition) is 3. The minimum Gasteiger partial charge on any atom is -0.348 e. The van der Waals surface area contributed by atoms with Crippen LogP contribution >= 0.6 is 23.2 Å². The molecule has 0 radical (unpaired) electrons. The Morgan fingerprint density at radius 3 is 2.15 bits per heavy atom. The van der Waals surface area contributed by atoms with Crippen molar-refractivity contribution in [1.82, 2.24) is 5.32 Å². The number of anilines is 1. The van der Waals surface area contributed by atoms with E-state index in [1.807, 2.05) is 37.3 Å². The average Bonchev–Trinajstić information content (AvgIpc) is 2.58. The monoisotopic (exact) mass is 428 g/mol. The van der Waals surface area contributed by atoms with Gasteiger partial charge in [-0.15, -0.1) is 0 Å². The normalized spacial score (nSPS) is 13.7. The standard InChI is InChI=1S/C19H22Cl2N2O3S/c1-4-18(19(24)22-13(2)14-8-6-5-7-9-14)23(27(3,25)26)17-11-15(20)10-16(21)12-17/h5-13,18H,4H2,1-3H3,(H,22,24)/t13-,18-/m0/s1. The van der Waals surface area contributed by atoms with E-state index >= 15 is 0 Å². The number of benzene rings is 2. The molecule has 5 nitrogen and oxygen atoms in total. The molecule has 0 spiro atoms. The Bertz CT molecular complexity index is 884. The lowest BCUT2D eigenvalue weighted by atomic mass is 10.1. The molecule has 0 heterocycles. The minimum absolute atomic E-state index is 0.254. The van der Waals surface area contributed by atoms with Crippen molar-refractivity contribution in [1.29, 1.82) is 0 Å². The Labute approximate surface area is 170 Å². The molecule has 0 saturated heterocycles. The molecular weight excluding hydrogens is 407 g/mol. The van der Waals surface area contributed by atoms with E-state index < -0.39 is 22.0 Å². The van der Waals surface area contributed by atoms with Crippen LogP contribution in [0.25, 0.3) is 0 Å². The zero-order valence-corrected chi connectivity index (χ0v) is 17.6. The molecule has 0 aliphatic rings. The maximum absolute atomic E-state index is 12.9. The fraction of sp³-hybridized carbons (Fsp3) is 0.316. The Balaban J connectivity index is 2.36. The van der Waals surface area contributed by atoms with E-state index in [9.17, 15) is 13.2 Å². The van der Waals surface area contributed by atoms with Crippen molar-refractivity contribution >= 4 is 44.8 Å². The first kappa shape index (κ1) is 21.5. The molecule has 0 aliphatic heterocycles. The predicted molar refractivity (Wildman–Crippen MR) is 111 cm³/mol. The Kier molecular flexibility index (Phi) is 7.14. The van der Waals surface area contributed by atoms with Crippen LogP contribution in [0.1, 0.15) is 31.9 Å². The SMILES string of the molecule is CC[C@@H](C(=O)N[C@@H](C)c1ccccc1)N(c1cc(Cl)cc(Cl)c1)S(C)(=O)=O. The molecule has 0 fully saturated rings. The van der Waals surface area contributed by atoms with Crippen molar-refractivity contribution in [2.45, 2.75) is 32.4 Å². The lowest BCUT2D eigenvalue weighted by Crippen LogP contribution is -2.49. The van der Waals surface area contributed by atoms with Crippen LogP contribution in [0.5, 0.6) is 0 Å². The van der Waals surface area contributed by atoms with Crippen LogP contribution < -0.4 is 9.62 Å². The fourth-order valence-electron chi connectivity index (χ4n) is 2.86. The Hall–Kier alpha value is -1.76. The molecule has 8 heteroatoms. The van der Waals surface area contributed by atoms with Crippen molar-refractivity contribution in [2.24, 2.45) is 0 Å². The molecule has 146 valence electrons. The number of hydrogen-bond donors (Lipinski definition) is 1. The van der Waals surface area contributed by atoms with Gasteiger partial charge in [0.1, 0.15) is 6.04 Å². The summed E-state index contributed by atoms with van der Waals surface area (Å²) < 4.78 is 26.0. The van der Waals surface area contributed by atoms with Gasteiger partial charge in [-0.05, 0) is 37.1 Å². The highest BCUT2D eigenvalue weighted by Gasteiger charge is 2.32. The van der Waals surface area contributed by atoms with Gasteiger partial charge in [-0.1, -0.05) is 60.5 Å². The van der Waals surface area contributed by atoms with Crippen LogP contribution in [0.4, 0.5) is 5.69 Å². The lowest BCUT2D eigenvalue weighted by molar-refractivity contribution is -0.122. The van der Waals surface area contributed by atoms with E-state index in [2.05, 4.69) is 5.32 Å². The number of sulfonamides is 1. The maximum atomic E-state index is 12.9. The predicted octanol–water partition coefficient (Wildman–Crippen LogP) is 4.42. The first-order valence-corrected chi connectivity index (χ1v) is 11.0. The molecule has 0 saturated carbocycles. The second-order valence-corrected chi connectivity index (χ2v) is 8.98. The number of halogens is 2. The van der Waals surface area contributed by atoms with Gasteiger partial charge in [0, 0.05) is 10.0 Å². The topological polar surface area (TPSA) is 66.5 Å². The third-order valence-corrected chi connectivity index (χ3v) is 5.71. The molecule has 0 bridgehead atoms. The van der Waals surface area contributed by atoms with E-state index in [4.69, 9.17) is 23.2 Å². The van der Waals surface area contributed by atoms with Crippen molar-refractivity contribution in [3.63, 3.8) is 0 Å². The third-order valence-electron chi connectivity index (χ3n) is 4.09. The Morgan fingerprint density at radius 1 is 1.11 bits per heavy atom. The van der Waals surface area contributed by atoms with E-state index in [0.717, 1.165) is 16.1 Å². The van der Waals surface area contributed by atoms with E-state index in [1.165, 1.54) is 18.2 Å². The summed E-state index contributed by atoms with van der Waals surface area (Å²) in [6.07, 6.45) is 1.34. The summed E-state index contributed by atoms with van der Waals surface area (Å²) in [5.74, 6) is -0.393. The smallest absolute Gasteiger partial charge is 0.244 e. The second-order valence-electron chi connectivity index (χ2n) is 6.25.